The molecule has 0 unspecified atom stereocenters. The first kappa shape index (κ1) is 26.7. The number of halogens is 2. The summed E-state index contributed by atoms with van der Waals surface area (Å²) >= 11 is 0. The Labute approximate surface area is 232 Å². The number of carbonyl (C=O) groups excluding carboxylic acids is 1. The number of alkyl halides is 1. The maximum Gasteiger partial charge on any atom is 0.318 e. The first-order valence-electron chi connectivity index (χ1n) is 14.2. The number of nitrogens with zero attached hydrogens (tertiary/aromatic N) is 4. The molecule has 1 aliphatic carbocycles. The lowest BCUT2D eigenvalue weighted by molar-refractivity contribution is -0.00907. The number of carbonyl (C=O) groups is 1. The molecule has 3 heterocycles. The molecule has 212 valence electrons. The Morgan fingerprint density at radius 2 is 1.90 bits per heavy atom. The minimum absolute atomic E-state index is 0.0125. The van der Waals surface area contributed by atoms with E-state index in [1.807, 2.05) is 6.92 Å². The number of anilines is 2. The first-order chi connectivity index (χ1) is 19.3. The van der Waals surface area contributed by atoms with Gasteiger partial charge in [0.2, 0.25) is 0 Å². The topological polar surface area (TPSA) is 105 Å². The molecular weight excluding hydrogens is 516 g/mol. The molecule has 3 N–H and O–H groups in total. The standard InChI is InChI=1S/C30H35F2N5O3/c1-2-21-22(32)8-7-18-11-20(38)12-24(25(18)21)37-15-23-26(28(37)39)27(36-9-5-3-4-6-10-36)35-29(34-23)40-17-30(16-33)13-19(31)14-30/h7-8,11-12,19,38H,2-6,9-10,13-17,33H2,1H3. The van der Waals surface area contributed by atoms with E-state index in [1.165, 1.54) is 12.1 Å². The van der Waals surface area contributed by atoms with Crippen LogP contribution in [0.3, 0.4) is 0 Å². The fourth-order valence-electron chi connectivity index (χ4n) is 6.41. The van der Waals surface area contributed by atoms with Crippen LogP contribution in [0.5, 0.6) is 11.8 Å². The fourth-order valence-corrected chi connectivity index (χ4v) is 6.41. The summed E-state index contributed by atoms with van der Waals surface area (Å²) in [5, 5.41) is 11.8. The van der Waals surface area contributed by atoms with E-state index in [4.69, 9.17) is 15.5 Å². The van der Waals surface area contributed by atoms with Crippen LogP contribution in [0.2, 0.25) is 0 Å². The van der Waals surface area contributed by atoms with Gasteiger partial charge >= 0.3 is 6.01 Å². The molecule has 40 heavy (non-hydrogen) atoms. The summed E-state index contributed by atoms with van der Waals surface area (Å²) < 4.78 is 34.6. The number of ether oxygens (including phenoxy) is 1. The van der Waals surface area contributed by atoms with E-state index < -0.39 is 11.6 Å². The molecule has 0 bridgehead atoms. The Balaban J connectivity index is 1.42. The lowest BCUT2D eigenvalue weighted by Gasteiger charge is -2.42. The van der Waals surface area contributed by atoms with Crippen molar-refractivity contribution >= 4 is 28.2 Å². The predicted molar refractivity (Wildman–Crippen MR) is 149 cm³/mol. The smallest absolute Gasteiger partial charge is 0.318 e. The maximum atomic E-state index is 14.9. The van der Waals surface area contributed by atoms with Crippen molar-refractivity contribution in [3.63, 3.8) is 0 Å². The lowest BCUT2D eigenvalue weighted by atomic mass is 9.68. The second-order valence-electron chi connectivity index (χ2n) is 11.4. The Morgan fingerprint density at radius 3 is 2.58 bits per heavy atom. The molecule has 8 nitrogen and oxygen atoms in total. The minimum Gasteiger partial charge on any atom is -0.508 e. The molecule has 2 aromatic carbocycles. The molecule has 1 saturated carbocycles. The monoisotopic (exact) mass is 551 g/mol. The predicted octanol–water partition coefficient (Wildman–Crippen LogP) is 5.03. The van der Waals surface area contributed by atoms with E-state index >= 15 is 0 Å². The molecule has 1 aromatic heterocycles. The van der Waals surface area contributed by atoms with Crippen LogP contribution in [0.4, 0.5) is 20.3 Å². The van der Waals surface area contributed by atoms with E-state index in [0.29, 0.717) is 64.9 Å². The number of benzene rings is 2. The number of amides is 1. The van der Waals surface area contributed by atoms with Crippen molar-refractivity contribution in [2.75, 3.05) is 36.0 Å². The molecule has 10 heteroatoms. The number of aromatic nitrogens is 2. The van der Waals surface area contributed by atoms with Gasteiger partial charge in [-0.05, 0) is 55.2 Å². The average molecular weight is 552 g/mol. The average Bonchev–Trinajstić information content (AvgIpc) is 3.08. The number of nitrogens with two attached hydrogens (primary N) is 1. The molecule has 0 radical (unpaired) electrons. The molecule has 0 spiro atoms. The van der Waals surface area contributed by atoms with Gasteiger partial charge < -0.3 is 25.4 Å². The van der Waals surface area contributed by atoms with Crippen LogP contribution in [-0.4, -0.2) is 53.4 Å². The lowest BCUT2D eigenvalue weighted by Crippen LogP contribution is -2.48. The number of aromatic hydroxyl groups is 1. The van der Waals surface area contributed by atoms with Crippen LogP contribution in [0.1, 0.15) is 67.1 Å². The van der Waals surface area contributed by atoms with Gasteiger partial charge in [0, 0.05) is 36.5 Å². The third kappa shape index (κ3) is 4.62. The van der Waals surface area contributed by atoms with Crippen LogP contribution >= 0.6 is 0 Å². The number of hydrogen-bond donors (Lipinski definition) is 2. The molecule has 1 amide bonds. The van der Waals surface area contributed by atoms with Gasteiger partial charge in [0.25, 0.3) is 5.91 Å². The number of fused-ring (bicyclic) bond motifs is 2. The van der Waals surface area contributed by atoms with Gasteiger partial charge in [-0.2, -0.15) is 9.97 Å². The molecule has 2 fully saturated rings. The van der Waals surface area contributed by atoms with Gasteiger partial charge in [-0.1, -0.05) is 25.8 Å². The minimum atomic E-state index is -0.873. The van der Waals surface area contributed by atoms with E-state index in [0.717, 1.165) is 38.8 Å². The highest BCUT2D eigenvalue weighted by molar-refractivity contribution is 6.16. The van der Waals surface area contributed by atoms with Crippen molar-refractivity contribution in [1.82, 2.24) is 9.97 Å². The van der Waals surface area contributed by atoms with Gasteiger partial charge in [0.1, 0.15) is 29.1 Å². The van der Waals surface area contributed by atoms with Crippen LogP contribution in [-0.2, 0) is 13.0 Å². The molecule has 6 rings (SSSR count). The van der Waals surface area contributed by atoms with Crippen LogP contribution in [0, 0.1) is 11.2 Å². The molecule has 2 aliphatic heterocycles. The summed E-state index contributed by atoms with van der Waals surface area (Å²) in [5.41, 5.74) is 7.35. The molecule has 3 aromatic rings. The summed E-state index contributed by atoms with van der Waals surface area (Å²) in [6, 6.07) is 6.23. The highest BCUT2D eigenvalue weighted by Crippen LogP contribution is 2.44. The number of aryl methyl sites for hydroxylation is 1. The van der Waals surface area contributed by atoms with Crippen LogP contribution in [0.25, 0.3) is 10.8 Å². The Bertz CT molecular complexity index is 1450. The van der Waals surface area contributed by atoms with Crippen molar-refractivity contribution < 1.29 is 23.4 Å². The van der Waals surface area contributed by atoms with Gasteiger partial charge in [0.15, 0.2) is 0 Å². The summed E-state index contributed by atoms with van der Waals surface area (Å²) in [4.78, 5) is 27.1. The summed E-state index contributed by atoms with van der Waals surface area (Å²) in [7, 11) is 0. The zero-order chi connectivity index (χ0) is 28.0. The Morgan fingerprint density at radius 1 is 1.15 bits per heavy atom. The van der Waals surface area contributed by atoms with Crippen molar-refractivity contribution in [1.29, 1.82) is 0 Å². The van der Waals surface area contributed by atoms with E-state index in [2.05, 4.69) is 9.88 Å². The highest BCUT2D eigenvalue weighted by Gasteiger charge is 2.45. The summed E-state index contributed by atoms with van der Waals surface area (Å²) in [6.07, 6.45) is 4.43. The fraction of sp³-hybridized carbons (Fsp3) is 0.500. The molecule has 1 saturated heterocycles. The quantitative estimate of drug-likeness (QED) is 0.424. The first-order valence-corrected chi connectivity index (χ1v) is 14.2. The molecule has 0 atom stereocenters. The highest BCUT2D eigenvalue weighted by atomic mass is 19.1. The van der Waals surface area contributed by atoms with Gasteiger partial charge in [0.05, 0.1) is 24.5 Å². The normalized spacial score (nSPS) is 22.8. The summed E-state index contributed by atoms with van der Waals surface area (Å²) in [5.74, 6) is -0.134. The second kappa shape index (κ2) is 10.5. The van der Waals surface area contributed by atoms with Crippen LogP contribution < -0.4 is 20.3 Å². The number of hydrogen-bond acceptors (Lipinski definition) is 7. The molecular formula is C30H35F2N5O3. The number of phenols is 1. The van der Waals surface area contributed by atoms with Gasteiger partial charge in [-0.25, -0.2) is 8.78 Å². The summed E-state index contributed by atoms with van der Waals surface area (Å²) in [6.45, 7) is 4.02. The van der Waals surface area contributed by atoms with E-state index in [-0.39, 0.29) is 36.6 Å². The number of phenolic OH excluding ortho intramolecular Hbond substituents is 1. The Hall–Kier alpha value is -3.53. The third-order valence-electron chi connectivity index (χ3n) is 8.64. The third-order valence-corrected chi connectivity index (χ3v) is 8.64. The van der Waals surface area contributed by atoms with E-state index in [1.54, 1.807) is 17.0 Å². The number of rotatable bonds is 7. The van der Waals surface area contributed by atoms with Gasteiger partial charge in [-0.15, -0.1) is 0 Å². The second-order valence-corrected chi connectivity index (χ2v) is 11.4. The van der Waals surface area contributed by atoms with Crippen molar-refractivity contribution in [3.8, 4) is 11.8 Å². The van der Waals surface area contributed by atoms with Crippen molar-refractivity contribution in [2.24, 2.45) is 11.1 Å². The largest absolute Gasteiger partial charge is 0.508 e. The SMILES string of the molecule is CCc1c(F)ccc2cc(O)cc(N3Cc4nc(OCC5(CN)CC(F)C5)nc(N5CCCCCC5)c4C3=O)c12. The zero-order valence-electron chi connectivity index (χ0n) is 22.8. The van der Waals surface area contributed by atoms with Crippen LogP contribution in [0.15, 0.2) is 24.3 Å². The van der Waals surface area contributed by atoms with Crippen molar-refractivity contribution in [3.05, 3.63) is 46.9 Å². The zero-order valence-corrected chi connectivity index (χ0v) is 22.8. The van der Waals surface area contributed by atoms with Gasteiger partial charge in [-0.3, -0.25) is 4.79 Å². The molecule has 3 aliphatic rings. The van der Waals surface area contributed by atoms with E-state index in [9.17, 15) is 18.7 Å². The van der Waals surface area contributed by atoms with Crippen molar-refractivity contribution in [2.45, 2.75) is 64.6 Å². The Kier molecular flexibility index (Phi) is 6.98. The maximum absolute atomic E-state index is 14.9.